The van der Waals surface area contributed by atoms with Crippen LogP contribution in [0.1, 0.15) is 6.42 Å². The Morgan fingerprint density at radius 2 is 2.40 bits per heavy atom. The summed E-state index contributed by atoms with van der Waals surface area (Å²) in [4.78, 5) is 0. The average Bonchev–Trinajstić information content (AvgIpc) is 2.34. The van der Waals surface area contributed by atoms with E-state index in [0.717, 1.165) is 13.0 Å². The van der Waals surface area contributed by atoms with Gasteiger partial charge in [0.2, 0.25) is 0 Å². The molecule has 0 aliphatic carbocycles. The number of halogens is 1. The molecule has 1 heterocycles. The highest BCUT2D eigenvalue weighted by Crippen LogP contribution is 2.07. The molecule has 1 fully saturated rings. The summed E-state index contributed by atoms with van der Waals surface area (Å²) < 4.78 is 5.07. The highest BCUT2D eigenvalue weighted by molar-refractivity contribution is 5.85. The Balaban J connectivity index is 0.000000810. The number of hydrogen-bond donors (Lipinski definition) is 2. The van der Waals surface area contributed by atoms with Gasteiger partial charge in [-0.3, -0.25) is 0 Å². The molecule has 62 valence electrons. The van der Waals surface area contributed by atoms with Crippen LogP contribution in [0.15, 0.2) is 0 Å². The summed E-state index contributed by atoms with van der Waals surface area (Å²) in [6, 6.07) is 0.259. The smallest absolute Gasteiger partial charge is 0.0711 e. The molecule has 2 atom stereocenters. The lowest BCUT2D eigenvalue weighted by molar-refractivity contribution is 0.114. The summed E-state index contributed by atoms with van der Waals surface area (Å²) in [5, 5.41) is 11.8. The van der Waals surface area contributed by atoms with Crippen molar-refractivity contribution in [1.82, 2.24) is 5.32 Å². The number of rotatable bonds is 2. The molecule has 0 aromatic rings. The van der Waals surface area contributed by atoms with Gasteiger partial charge >= 0.3 is 0 Å². The lowest BCUT2D eigenvalue weighted by Crippen LogP contribution is -2.24. The van der Waals surface area contributed by atoms with Gasteiger partial charge in [0, 0.05) is 19.7 Å². The van der Waals surface area contributed by atoms with Crippen LogP contribution in [-0.4, -0.2) is 37.5 Å². The zero-order valence-electron chi connectivity index (χ0n) is 6.04. The first kappa shape index (κ1) is 10.2. The quantitative estimate of drug-likeness (QED) is 0.598. The molecule has 0 bridgehead atoms. The van der Waals surface area contributed by atoms with Crippen LogP contribution in [0.3, 0.4) is 0 Å². The predicted octanol–water partition coefficient (Wildman–Crippen LogP) is -0.223. The van der Waals surface area contributed by atoms with E-state index in [0.29, 0.717) is 6.10 Å². The molecular formula is C6H14ClNO2. The third-order valence-corrected chi connectivity index (χ3v) is 1.74. The molecule has 0 amide bonds. The van der Waals surface area contributed by atoms with Crippen LogP contribution >= 0.6 is 12.4 Å². The zero-order valence-corrected chi connectivity index (χ0v) is 6.86. The second-order valence-electron chi connectivity index (χ2n) is 2.38. The summed E-state index contributed by atoms with van der Waals surface area (Å²) in [7, 11) is 1.70. The first-order valence-electron chi connectivity index (χ1n) is 3.24. The second-order valence-corrected chi connectivity index (χ2v) is 2.38. The van der Waals surface area contributed by atoms with Gasteiger partial charge < -0.3 is 15.2 Å². The maximum atomic E-state index is 8.66. The first-order chi connectivity index (χ1) is 4.36. The maximum Gasteiger partial charge on any atom is 0.0711 e. The van der Waals surface area contributed by atoms with Crippen molar-refractivity contribution in [3.05, 3.63) is 0 Å². The predicted molar refractivity (Wildman–Crippen MR) is 41.5 cm³/mol. The van der Waals surface area contributed by atoms with E-state index in [1.807, 2.05) is 0 Å². The average molecular weight is 168 g/mol. The van der Waals surface area contributed by atoms with Crippen molar-refractivity contribution in [2.24, 2.45) is 0 Å². The number of methoxy groups -OCH3 is 1. The van der Waals surface area contributed by atoms with Crippen molar-refractivity contribution in [3.8, 4) is 0 Å². The molecule has 0 radical (unpaired) electrons. The molecule has 10 heavy (non-hydrogen) atoms. The summed E-state index contributed by atoms with van der Waals surface area (Å²) in [5.41, 5.74) is 0. The molecule has 1 rings (SSSR count). The van der Waals surface area contributed by atoms with Crippen molar-refractivity contribution in [1.29, 1.82) is 0 Å². The number of aliphatic hydroxyl groups is 1. The van der Waals surface area contributed by atoms with Crippen molar-refractivity contribution in [2.75, 3.05) is 20.3 Å². The summed E-state index contributed by atoms with van der Waals surface area (Å²) in [5.74, 6) is 0. The van der Waals surface area contributed by atoms with Crippen LogP contribution in [0.25, 0.3) is 0 Å². The van der Waals surface area contributed by atoms with Crippen molar-refractivity contribution in [2.45, 2.75) is 18.6 Å². The van der Waals surface area contributed by atoms with Crippen molar-refractivity contribution in [3.63, 3.8) is 0 Å². The van der Waals surface area contributed by atoms with Gasteiger partial charge in [0.1, 0.15) is 0 Å². The minimum Gasteiger partial charge on any atom is -0.395 e. The van der Waals surface area contributed by atoms with Crippen LogP contribution in [0.4, 0.5) is 0 Å². The number of hydrogen-bond acceptors (Lipinski definition) is 3. The van der Waals surface area contributed by atoms with E-state index in [1.165, 1.54) is 0 Å². The Hall–Kier alpha value is 0.170. The first-order valence-corrected chi connectivity index (χ1v) is 3.24. The fourth-order valence-electron chi connectivity index (χ4n) is 1.10. The number of ether oxygens (including phenoxy) is 1. The molecule has 0 spiro atoms. The van der Waals surface area contributed by atoms with Gasteiger partial charge in [-0.05, 0) is 6.42 Å². The van der Waals surface area contributed by atoms with E-state index >= 15 is 0 Å². The fraction of sp³-hybridized carbons (Fsp3) is 1.00. The fourth-order valence-corrected chi connectivity index (χ4v) is 1.10. The molecule has 1 saturated heterocycles. The standard InChI is InChI=1S/C6H13NO2.ClH/c1-9-6-2-5(4-8)7-3-6;/h5-8H,2-4H2,1H3;1H. The number of nitrogens with one attached hydrogen (secondary N) is 1. The van der Waals surface area contributed by atoms with Gasteiger partial charge in [-0.25, -0.2) is 0 Å². The Kier molecular flexibility index (Phi) is 4.99. The molecule has 0 aromatic heterocycles. The zero-order chi connectivity index (χ0) is 6.69. The van der Waals surface area contributed by atoms with Crippen molar-refractivity contribution < 1.29 is 9.84 Å². The Morgan fingerprint density at radius 3 is 2.70 bits per heavy atom. The van der Waals surface area contributed by atoms with Gasteiger partial charge in [0.05, 0.1) is 12.7 Å². The monoisotopic (exact) mass is 167 g/mol. The van der Waals surface area contributed by atoms with Crippen LogP contribution in [0.5, 0.6) is 0 Å². The van der Waals surface area contributed by atoms with E-state index in [-0.39, 0.29) is 25.1 Å². The Labute approximate surface area is 67.2 Å². The molecule has 0 aromatic carbocycles. The lowest BCUT2D eigenvalue weighted by atomic mass is 10.2. The van der Waals surface area contributed by atoms with Crippen LogP contribution in [-0.2, 0) is 4.74 Å². The van der Waals surface area contributed by atoms with Crippen molar-refractivity contribution >= 4 is 12.4 Å². The third-order valence-electron chi connectivity index (χ3n) is 1.74. The van der Waals surface area contributed by atoms with Crippen LogP contribution in [0, 0.1) is 0 Å². The molecule has 2 N–H and O–H groups in total. The number of aliphatic hydroxyl groups excluding tert-OH is 1. The van der Waals surface area contributed by atoms with Crippen LogP contribution in [0.2, 0.25) is 0 Å². The van der Waals surface area contributed by atoms with E-state index in [4.69, 9.17) is 9.84 Å². The second kappa shape index (κ2) is 4.91. The van der Waals surface area contributed by atoms with Gasteiger partial charge in [0.15, 0.2) is 0 Å². The third kappa shape index (κ3) is 2.42. The Bertz CT molecular complexity index is 81.8. The van der Waals surface area contributed by atoms with Gasteiger partial charge in [-0.15, -0.1) is 12.4 Å². The molecule has 4 heteroatoms. The Morgan fingerprint density at radius 1 is 1.70 bits per heavy atom. The van der Waals surface area contributed by atoms with Gasteiger partial charge in [-0.2, -0.15) is 0 Å². The summed E-state index contributed by atoms with van der Waals surface area (Å²) in [6.45, 7) is 1.10. The summed E-state index contributed by atoms with van der Waals surface area (Å²) >= 11 is 0. The minimum absolute atomic E-state index is 0. The minimum atomic E-state index is 0. The van der Waals surface area contributed by atoms with E-state index in [2.05, 4.69) is 5.32 Å². The molecule has 2 unspecified atom stereocenters. The molecule has 1 aliphatic heterocycles. The lowest BCUT2D eigenvalue weighted by Gasteiger charge is -2.04. The maximum absolute atomic E-state index is 8.66. The summed E-state index contributed by atoms with van der Waals surface area (Å²) in [6.07, 6.45) is 1.25. The molecule has 1 aliphatic rings. The topological polar surface area (TPSA) is 41.5 Å². The molecule has 0 saturated carbocycles. The van der Waals surface area contributed by atoms with Crippen LogP contribution < -0.4 is 5.32 Å². The van der Waals surface area contributed by atoms with E-state index in [9.17, 15) is 0 Å². The highest BCUT2D eigenvalue weighted by Gasteiger charge is 2.22. The highest BCUT2D eigenvalue weighted by atomic mass is 35.5. The SMILES string of the molecule is COC1CNC(CO)C1.Cl. The molecule has 3 nitrogen and oxygen atoms in total. The van der Waals surface area contributed by atoms with Gasteiger partial charge in [0.25, 0.3) is 0 Å². The molecular weight excluding hydrogens is 154 g/mol. The largest absolute Gasteiger partial charge is 0.395 e. The van der Waals surface area contributed by atoms with E-state index in [1.54, 1.807) is 7.11 Å². The van der Waals surface area contributed by atoms with E-state index < -0.39 is 0 Å². The van der Waals surface area contributed by atoms with Gasteiger partial charge in [-0.1, -0.05) is 0 Å². The normalized spacial score (nSPS) is 31.8.